The molecule has 3 amide bonds. The first-order valence-electron chi connectivity index (χ1n) is 10.2. The fourth-order valence-electron chi connectivity index (χ4n) is 3.17. The van der Waals surface area contributed by atoms with E-state index in [0.717, 1.165) is 16.5 Å². The van der Waals surface area contributed by atoms with Crippen LogP contribution in [0.2, 0.25) is 0 Å². The molecule has 0 aliphatic rings. The van der Waals surface area contributed by atoms with Crippen LogP contribution in [0.25, 0.3) is 10.9 Å². The molecule has 11 heteroatoms. The van der Waals surface area contributed by atoms with Crippen LogP contribution in [0, 0.1) is 5.92 Å². The maximum absolute atomic E-state index is 12.7. The molecule has 2 rings (SSSR count). The SMILES string of the molecule is CC(C)C(NC(=O)C(N)Cc1c[nH]c2ccccc12)C(=O)NC(CO)C(=O)NCC(=O)O. The molecule has 32 heavy (non-hydrogen) atoms. The number of hydrogen-bond donors (Lipinski definition) is 7. The summed E-state index contributed by atoms with van der Waals surface area (Å²) < 4.78 is 0. The highest BCUT2D eigenvalue weighted by Gasteiger charge is 2.30. The predicted octanol–water partition coefficient (Wildman–Crippen LogP) is -1.14. The number of H-pyrrole nitrogens is 1. The second-order valence-electron chi connectivity index (χ2n) is 7.76. The van der Waals surface area contributed by atoms with Gasteiger partial charge in [0.25, 0.3) is 0 Å². The van der Waals surface area contributed by atoms with Crippen molar-refractivity contribution >= 4 is 34.6 Å². The number of aliphatic hydroxyl groups excluding tert-OH is 1. The van der Waals surface area contributed by atoms with Crippen molar-refractivity contribution in [3.8, 4) is 0 Å². The molecule has 8 N–H and O–H groups in total. The van der Waals surface area contributed by atoms with Crippen molar-refractivity contribution in [3.63, 3.8) is 0 Å². The maximum atomic E-state index is 12.7. The van der Waals surface area contributed by atoms with Crippen LogP contribution in [0.1, 0.15) is 19.4 Å². The van der Waals surface area contributed by atoms with Gasteiger partial charge in [0.2, 0.25) is 17.7 Å². The number of carbonyl (C=O) groups is 4. The third-order valence-electron chi connectivity index (χ3n) is 4.93. The molecule has 1 aromatic heterocycles. The van der Waals surface area contributed by atoms with E-state index in [0.29, 0.717) is 0 Å². The molecule has 174 valence electrons. The van der Waals surface area contributed by atoms with Crippen LogP contribution in [-0.2, 0) is 25.6 Å². The van der Waals surface area contributed by atoms with Crippen molar-refractivity contribution in [1.82, 2.24) is 20.9 Å². The van der Waals surface area contributed by atoms with Gasteiger partial charge < -0.3 is 36.9 Å². The summed E-state index contributed by atoms with van der Waals surface area (Å²) in [6, 6.07) is 4.31. The van der Waals surface area contributed by atoms with Crippen LogP contribution in [0.4, 0.5) is 0 Å². The first-order valence-corrected chi connectivity index (χ1v) is 10.2. The highest BCUT2D eigenvalue weighted by Crippen LogP contribution is 2.18. The first-order chi connectivity index (χ1) is 15.1. The molecule has 1 aromatic carbocycles. The Morgan fingerprint density at radius 3 is 2.38 bits per heavy atom. The van der Waals surface area contributed by atoms with Crippen LogP contribution < -0.4 is 21.7 Å². The summed E-state index contributed by atoms with van der Waals surface area (Å²) in [5, 5.41) is 26.0. The van der Waals surface area contributed by atoms with Crippen LogP contribution in [0.5, 0.6) is 0 Å². The van der Waals surface area contributed by atoms with Gasteiger partial charge in [-0.15, -0.1) is 0 Å². The lowest BCUT2D eigenvalue weighted by molar-refractivity contribution is -0.139. The lowest BCUT2D eigenvalue weighted by Gasteiger charge is -2.25. The number of benzene rings is 1. The summed E-state index contributed by atoms with van der Waals surface area (Å²) in [7, 11) is 0. The molecule has 11 nitrogen and oxygen atoms in total. The summed E-state index contributed by atoms with van der Waals surface area (Å²) in [5.74, 6) is -3.70. The summed E-state index contributed by atoms with van der Waals surface area (Å²) >= 11 is 0. The van der Waals surface area contributed by atoms with E-state index in [1.165, 1.54) is 0 Å². The minimum Gasteiger partial charge on any atom is -0.480 e. The molecule has 0 saturated heterocycles. The number of aliphatic hydroxyl groups is 1. The Hall–Kier alpha value is -3.44. The molecule has 3 atom stereocenters. The van der Waals surface area contributed by atoms with E-state index < -0.39 is 55.0 Å². The zero-order valence-corrected chi connectivity index (χ0v) is 17.9. The van der Waals surface area contributed by atoms with E-state index in [1.54, 1.807) is 20.0 Å². The zero-order chi connectivity index (χ0) is 23.8. The van der Waals surface area contributed by atoms with Crippen molar-refractivity contribution in [1.29, 1.82) is 0 Å². The number of para-hydroxylation sites is 1. The Bertz CT molecular complexity index is 972. The number of carboxylic acid groups (broad SMARTS) is 1. The average Bonchev–Trinajstić information content (AvgIpc) is 3.16. The molecule has 0 radical (unpaired) electrons. The highest BCUT2D eigenvalue weighted by molar-refractivity contribution is 5.94. The summed E-state index contributed by atoms with van der Waals surface area (Å²) in [5.41, 5.74) is 7.86. The average molecular weight is 447 g/mol. The molecule has 0 aliphatic heterocycles. The quantitative estimate of drug-likeness (QED) is 0.227. The van der Waals surface area contributed by atoms with Crippen molar-refractivity contribution in [2.24, 2.45) is 11.7 Å². The van der Waals surface area contributed by atoms with E-state index in [9.17, 15) is 24.3 Å². The largest absolute Gasteiger partial charge is 0.480 e. The third-order valence-corrected chi connectivity index (χ3v) is 4.93. The Morgan fingerprint density at radius 2 is 1.75 bits per heavy atom. The first kappa shape index (κ1) is 24.8. The van der Waals surface area contributed by atoms with Crippen LogP contribution in [0.3, 0.4) is 0 Å². The summed E-state index contributed by atoms with van der Waals surface area (Å²) in [6.45, 7) is 2.01. The van der Waals surface area contributed by atoms with Crippen molar-refractivity contribution in [2.75, 3.05) is 13.2 Å². The van der Waals surface area contributed by atoms with Gasteiger partial charge in [-0.3, -0.25) is 19.2 Å². The Balaban J connectivity index is 2.01. The number of aromatic amines is 1. The molecule has 1 heterocycles. The monoisotopic (exact) mass is 447 g/mol. The van der Waals surface area contributed by atoms with Gasteiger partial charge in [-0.1, -0.05) is 32.0 Å². The maximum Gasteiger partial charge on any atom is 0.322 e. The lowest BCUT2D eigenvalue weighted by Crippen LogP contribution is -2.58. The number of rotatable bonds is 11. The molecule has 0 saturated carbocycles. The van der Waals surface area contributed by atoms with E-state index in [2.05, 4.69) is 20.9 Å². The molecular weight excluding hydrogens is 418 g/mol. The van der Waals surface area contributed by atoms with E-state index in [4.69, 9.17) is 10.8 Å². The van der Waals surface area contributed by atoms with E-state index >= 15 is 0 Å². The topological polar surface area (TPSA) is 187 Å². The minimum atomic E-state index is -1.36. The van der Waals surface area contributed by atoms with Gasteiger partial charge in [0, 0.05) is 17.1 Å². The van der Waals surface area contributed by atoms with E-state index in [1.807, 2.05) is 24.3 Å². The predicted molar refractivity (Wildman–Crippen MR) is 116 cm³/mol. The number of fused-ring (bicyclic) bond motifs is 1. The summed E-state index contributed by atoms with van der Waals surface area (Å²) in [6.07, 6.45) is 2.03. The molecule has 0 fully saturated rings. The van der Waals surface area contributed by atoms with Crippen LogP contribution >= 0.6 is 0 Å². The molecule has 2 aromatic rings. The van der Waals surface area contributed by atoms with Gasteiger partial charge >= 0.3 is 5.97 Å². The van der Waals surface area contributed by atoms with Crippen LogP contribution in [0.15, 0.2) is 30.5 Å². The van der Waals surface area contributed by atoms with Crippen molar-refractivity contribution in [3.05, 3.63) is 36.0 Å². The zero-order valence-electron chi connectivity index (χ0n) is 17.9. The van der Waals surface area contributed by atoms with Gasteiger partial charge in [0.05, 0.1) is 12.6 Å². The van der Waals surface area contributed by atoms with E-state index in [-0.39, 0.29) is 12.3 Å². The third kappa shape index (κ3) is 6.53. The number of carboxylic acids is 1. The number of amides is 3. The number of aromatic nitrogens is 1. The Kier molecular flexibility index (Phi) is 8.73. The van der Waals surface area contributed by atoms with Gasteiger partial charge in [-0.05, 0) is 24.0 Å². The number of nitrogens with two attached hydrogens (primary N) is 1. The smallest absolute Gasteiger partial charge is 0.322 e. The Morgan fingerprint density at radius 1 is 1.06 bits per heavy atom. The van der Waals surface area contributed by atoms with Crippen LogP contribution in [-0.4, -0.2) is 70.2 Å². The molecule has 0 spiro atoms. The second kappa shape index (κ2) is 11.3. The minimum absolute atomic E-state index is 0.249. The van der Waals surface area contributed by atoms with Crippen molar-refractivity contribution < 1.29 is 29.4 Å². The normalized spacial score (nSPS) is 13.9. The van der Waals surface area contributed by atoms with Gasteiger partial charge in [0.1, 0.15) is 18.6 Å². The van der Waals surface area contributed by atoms with Crippen molar-refractivity contribution in [2.45, 2.75) is 38.4 Å². The number of nitrogens with one attached hydrogen (secondary N) is 4. The molecular formula is C21H29N5O6. The fourth-order valence-corrected chi connectivity index (χ4v) is 3.17. The molecule has 0 bridgehead atoms. The van der Waals surface area contributed by atoms with Gasteiger partial charge in [-0.25, -0.2) is 0 Å². The summed E-state index contributed by atoms with van der Waals surface area (Å²) in [4.78, 5) is 51.0. The molecule has 0 aliphatic carbocycles. The highest BCUT2D eigenvalue weighted by atomic mass is 16.4. The fraction of sp³-hybridized carbons (Fsp3) is 0.429. The number of hydrogen-bond acceptors (Lipinski definition) is 6. The van der Waals surface area contributed by atoms with Gasteiger partial charge in [0.15, 0.2) is 0 Å². The lowest BCUT2D eigenvalue weighted by atomic mass is 10.0. The molecule has 3 unspecified atom stereocenters. The standard InChI is InChI=1S/C21H29N5O6/c1-11(2)18(21(32)25-16(10-27)20(31)24-9-17(28)29)26-19(30)14(22)7-12-8-23-15-6-4-3-5-13(12)15/h3-6,8,11,14,16,18,23,27H,7,9-10,22H2,1-2H3,(H,24,31)(H,25,32)(H,26,30)(H,28,29). The number of aliphatic carboxylic acids is 1. The second-order valence-corrected chi connectivity index (χ2v) is 7.76. The Labute approximate surface area is 184 Å². The number of carbonyl (C=O) groups excluding carboxylic acids is 3. The van der Waals surface area contributed by atoms with Gasteiger partial charge in [-0.2, -0.15) is 0 Å².